The molecule has 0 saturated carbocycles. The molecule has 60 heavy (non-hydrogen) atoms. The lowest BCUT2D eigenvalue weighted by atomic mass is 9.78. The van der Waals surface area contributed by atoms with Gasteiger partial charge in [-0.1, -0.05) is 243 Å². The predicted octanol–water partition coefficient (Wildman–Crippen LogP) is 15.0. The highest BCUT2D eigenvalue weighted by atomic mass is 15.0. The second kappa shape index (κ2) is 17.5. The fourth-order valence-electron chi connectivity index (χ4n) is 8.46. The summed E-state index contributed by atoms with van der Waals surface area (Å²) in [6, 6.07) is 88.3. The Bertz CT molecular complexity index is 2750. The molecule has 10 aromatic rings. The van der Waals surface area contributed by atoms with Gasteiger partial charge in [-0.2, -0.15) is 0 Å². The maximum Gasteiger partial charge on any atom is -0.00141 e. The third kappa shape index (κ3) is 7.57. The molecule has 4 N–H and O–H groups in total. The van der Waals surface area contributed by atoms with Crippen molar-refractivity contribution < 1.29 is 0 Å². The van der Waals surface area contributed by atoms with E-state index in [4.69, 9.17) is 0 Å². The Morgan fingerprint density at radius 2 is 0.317 bits per heavy atom. The van der Waals surface area contributed by atoms with Crippen molar-refractivity contribution in [2.24, 2.45) is 11.7 Å². The monoisotopic (exact) mass is 768 g/mol. The Labute approximate surface area is 352 Å². The van der Waals surface area contributed by atoms with E-state index in [9.17, 15) is 0 Å². The third-order valence-corrected chi connectivity index (χ3v) is 11.3. The molecule has 286 valence electrons. The van der Waals surface area contributed by atoms with E-state index in [0.29, 0.717) is 0 Å². The molecule has 0 spiro atoms. The fraction of sp³-hybridized carbons (Fsp3) is 0. The van der Waals surface area contributed by atoms with E-state index in [2.05, 4.69) is 254 Å². The summed E-state index contributed by atoms with van der Waals surface area (Å²) < 4.78 is 0. The Balaban J connectivity index is 0.00000228. The van der Waals surface area contributed by atoms with Gasteiger partial charge < -0.3 is 0 Å². The van der Waals surface area contributed by atoms with Gasteiger partial charge in [0, 0.05) is 0 Å². The molecule has 0 saturated heterocycles. The normalized spacial score (nSPS) is 10.8. The van der Waals surface area contributed by atoms with Gasteiger partial charge >= 0.3 is 0 Å². The van der Waals surface area contributed by atoms with Crippen molar-refractivity contribution in [3.63, 3.8) is 0 Å². The summed E-state index contributed by atoms with van der Waals surface area (Å²) in [6.45, 7) is 0. The minimum absolute atomic E-state index is 1.18. The smallest absolute Gasteiger partial charge is 0.00141 e. The van der Waals surface area contributed by atoms with Gasteiger partial charge in [-0.25, -0.2) is 0 Å². The van der Waals surface area contributed by atoms with E-state index >= 15 is 0 Å². The van der Waals surface area contributed by atoms with Crippen molar-refractivity contribution in [1.29, 1.82) is 0 Å². The van der Waals surface area contributed by atoms with Crippen LogP contribution in [0, 0.1) is 0 Å². The largest absolute Gasteiger partial charge is 0.274 e. The van der Waals surface area contributed by atoms with Gasteiger partial charge in [-0.3, -0.25) is 11.7 Å². The van der Waals surface area contributed by atoms with Crippen LogP contribution in [0.2, 0.25) is 0 Å². The summed E-state index contributed by atoms with van der Waals surface area (Å²) in [7, 11) is 0. The van der Waals surface area contributed by atoms with Crippen LogP contribution in [0.25, 0.3) is 99.8 Å². The molecule has 0 bridgehead atoms. The zero-order valence-corrected chi connectivity index (χ0v) is 33.2. The molecular weight excluding hydrogens is 725 g/mol. The molecule has 10 aromatic carbocycles. The van der Waals surface area contributed by atoms with Crippen LogP contribution in [0.4, 0.5) is 0 Å². The molecule has 0 aliphatic heterocycles. The summed E-state index contributed by atoms with van der Waals surface area (Å²) in [4.78, 5) is 0. The van der Waals surface area contributed by atoms with E-state index in [-0.39, 0.29) is 0 Å². The highest BCUT2D eigenvalue weighted by molar-refractivity contribution is 6.18. The summed E-state index contributed by atoms with van der Waals surface area (Å²) in [5.41, 5.74) is 19.3. The summed E-state index contributed by atoms with van der Waals surface area (Å²) in [5.74, 6) is 8.00. The molecule has 0 unspecified atom stereocenters. The molecule has 0 atom stereocenters. The van der Waals surface area contributed by atoms with Crippen LogP contribution in [0.1, 0.15) is 0 Å². The zero-order chi connectivity index (χ0) is 40.7. The zero-order valence-electron chi connectivity index (χ0n) is 33.2. The Kier molecular flexibility index (Phi) is 11.0. The Hall–Kier alpha value is -7.62. The molecule has 0 aliphatic carbocycles. The highest BCUT2D eigenvalue weighted by Crippen LogP contribution is 2.51. The maximum absolute atomic E-state index is 4.00. The number of hydrogen-bond acceptors (Lipinski definition) is 2. The molecule has 10 rings (SSSR count). The van der Waals surface area contributed by atoms with Crippen LogP contribution < -0.4 is 11.7 Å². The van der Waals surface area contributed by atoms with Crippen LogP contribution in [-0.4, -0.2) is 0 Å². The van der Waals surface area contributed by atoms with E-state index in [0.717, 1.165) is 0 Å². The predicted molar refractivity (Wildman–Crippen MR) is 256 cm³/mol. The van der Waals surface area contributed by atoms with Crippen molar-refractivity contribution >= 4 is 10.8 Å². The van der Waals surface area contributed by atoms with Crippen molar-refractivity contribution in [1.82, 2.24) is 0 Å². The quantitative estimate of drug-likeness (QED) is 0.119. The number of hydrogen-bond donors (Lipinski definition) is 2. The summed E-state index contributed by atoms with van der Waals surface area (Å²) in [5, 5.41) is 2.45. The number of benzene rings is 10. The van der Waals surface area contributed by atoms with Gasteiger partial charge in [0.25, 0.3) is 0 Å². The third-order valence-electron chi connectivity index (χ3n) is 11.3. The topological polar surface area (TPSA) is 52.0 Å². The number of hydrazine groups is 1. The first-order chi connectivity index (χ1) is 29.8. The lowest BCUT2D eigenvalue weighted by Gasteiger charge is -2.25. The number of fused-ring (bicyclic) bond motifs is 1. The van der Waals surface area contributed by atoms with Gasteiger partial charge in [0.1, 0.15) is 0 Å². The van der Waals surface area contributed by atoms with Crippen molar-refractivity contribution in [3.8, 4) is 89.0 Å². The van der Waals surface area contributed by atoms with E-state index in [1.807, 2.05) is 0 Å². The lowest BCUT2D eigenvalue weighted by Crippen LogP contribution is -2.02. The van der Waals surface area contributed by atoms with Crippen molar-refractivity contribution in [2.75, 3.05) is 0 Å². The standard InChI is InChI=1S/C58H40.H4N2/c1-5-15-41(16-6-1)45-25-33-49(34-26-45)55-53-23-13-14-24-54(53)56(50-35-27-46(28-36-50)42-17-7-2-8-18-42)58(52-39-31-48(32-40-52)44-21-11-4-12-22-44)57(55)51-37-29-47(30-38-51)43-19-9-3-10-20-43;1-2/h1-40H;1-2H2. The van der Waals surface area contributed by atoms with Crippen molar-refractivity contribution in [2.45, 2.75) is 0 Å². The molecule has 0 fully saturated rings. The SMILES string of the molecule is NN.c1ccc(-c2ccc(-c3c(-c4ccc(-c5ccccc5)cc4)c(-c4ccc(-c5ccccc5)cc4)c4ccccc4c3-c3ccc(-c4ccccc4)cc3)cc2)cc1. The fourth-order valence-corrected chi connectivity index (χ4v) is 8.46. The second-order valence-corrected chi connectivity index (χ2v) is 14.8. The average molecular weight is 769 g/mol. The van der Waals surface area contributed by atoms with Crippen LogP contribution in [0.15, 0.2) is 243 Å². The molecule has 0 amide bonds. The average Bonchev–Trinajstić information content (AvgIpc) is 3.35. The van der Waals surface area contributed by atoms with Gasteiger partial charge in [-0.15, -0.1) is 0 Å². The van der Waals surface area contributed by atoms with Crippen LogP contribution >= 0.6 is 0 Å². The molecule has 0 radical (unpaired) electrons. The molecule has 0 aromatic heterocycles. The molecule has 2 heteroatoms. The van der Waals surface area contributed by atoms with Crippen molar-refractivity contribution in [3.05, 3.63) is 243 Å². The molecule has 0 heterocycles. The first-order valence-corrected chi connectivity index (χ1v) is 20.3. The van der Waals surface area contributed by atoms with Gasteiger partial charge in [0.15, 0.2) is 0 Å². The van der Waals surface area contributed by atoms with Crippen LogP contribution in [0.5, 0.6) is 0 Å². The van der Waals surface area contributed by atoms with E-state index < -0.39 is 0 Å². The number of nitrogens with two attached hydrogens (primary N) is 2. The van der Waals surface area contributed by atoms with Gasteiger partial charge in [0.2, 0.25) is 0 Å². The number of rotatable bonds is 8. The molecule has 2 nitrogen and oxygen atoms in total. The minimum Gasteiger partial charge on any atom is -0.274 e. The first-order valence-electron chi connectivity index (χ1n) is 20.3. The maximum atomic E-state index is 4.00. The first kappa shape index (κ1) is 37.9. The van der Waals surface area contributed by atoms with Crippen LogP contribution in [-0.2, 0) is 0 Å². The summed E-state index contributed by atoms with van der Waals surface area (Å²) >= 11 is 0. The second-order valence-electron chi connectivity index (χ2n) is 14.8. The molecular formula is C58H44N2. The Morgan fingerprint density at radius 1 is 0.150 bits per heavy atom. The van der Waals surface area contributed by atoms with Crippen LogP contribution in [0.3, 0.4) is 0 Å². The lowest BCUT2D eigenvalue weighted by molar-refractivity contribution is 1.26. The van der Waals surface area contributed by atoms with Gasteiger partial charge in [0.05, 0.1) is 0 Å². The highest BCUT2D eigenvalue weighted by Gasteiger charge is 2.24. The molecule has 0 aliphatic rings. The van der Waals surface area contributed by atoms with Gasteiger partial charge in [-0.05, 0) is 99.8 Å². The summed E-state index contributed by atoms with van der Waals surface area (Å²) in [6.07, 6.45) is 0. The minimum atomic E-state index is 1.18. The Morgan fingerprint density at radius 3 is 0.550 bits per heavy atom. The van der Waals surface area contributed by atoms with E-state index in [1.54, 1.807) is 0 Å². The van der Waals surface area contributed by atoms with E-state index in [1.165, 1.54) is 99.8 Å².